The lowest BCUT2D eigenvalue weighted by Crippen LogP contribution is -2.37. The summed E-state index contributed by atoms with van der Waals surface area (Å²) in [5.74, 6) is -0.358. The highest BCUT2D eigenvalue weighted by molar-refractivity contribution is 6.53. The average molecular weight is 425 g/mol. The van der Waals surface area contributed by atoms with Crippen LogP contribution in [0.15, 0.2) is 48.5 Å². The van der Waals surface area contributed by atoms with E-state index < -0.39 is 9.76 Å². The molecule has 2 aromatic carbocycles. The number of nitrogens with zero attached hydrogens (tertiary/aromatic N) is 2. The molecule has 6 nitrogen and oxygen atoms in total. The number of nitro benzene ring substituents is 1. The van der Waals surface area contributed by atoms with E-state index in [4.69, 9.17) is 27.9 Å². The highest BCUT2D eigenvalue weighted by atomic mass is 35.5. The van der Waals surface area contributed by atoms with Gasteiger partial charge in [0.05, 0.1) is 11.5 Å². The van der Waals surface area contributed by atoms with Crippen molar-refractivity contribution in [3.63, 3.8) is 0 Å². The highest BCUT2D eigenvalue weighted by Gasteiger charge is 2.20. The largest absolute Gasteiger partial charge is 0.380 e. The Morgan fingerprint density at radius 2 is 1.82 bits per heavy atom. The fourth-order valence-electron chi connectivity index (χ4n) is 2.75. The van der Waals surface area contributed by atoms with E-state index in [0.717, 1.165) is 16.7 Å². The molecule has 8 heteroatoms. The van der Waals surface area contributed by atoms with E-state index in [9.17, 15) is 14.9 Å². The van der Waals surface area contributed by atoms with E-state index in [2.05, 4.69) is 0 Å². The van der Waals surface area contributed by atoms with Gasteiger partial charge in [-0.3, -0.25) is 14.9 Å². The standard InChI is InChI=1S/C20H22Cl2N2O4/c1-2-28-11-10-23(20(25)19(21)22)14-17-5-3-4-16(13-17)12-15-6-8-18(9-7-15)24(26)27/h3-9,13,19H,2,10-12,14H2,1H3. The predicted molar refractivity (Wildman–Crippen MR) is 110 cm³/mol. The number of carbonyl (C=O) groups excluding carboxylic acids is 1. The number of nitro groups is 1. The van der Waals surface area contributed by atoms with Crippen LogP contribution in [0, 0.1) is 10.1 Å². The first-order chi connectivity index (χ1) is 13.4. The van der Waals surface area contributed by atoms with Gasteiger partial charge in [-0.25, -0.2) is 0 Å². The number of ether oxygens (including phenoxy) is 1. The van der Waals surface area contributed by atoms with Gasteiger partial charge in [0.1, 0.15) is 0 Å². The molecule has 0 atom stereocenters. The quantitative estimate of drug-likeness (QED) is 0.246. The molecule has 0 bridgehead atoms. The molecule has 150 valence electrons. The summed E-state index contributed by atoms with van der Waals surface area (Å²) >= 11 is 11.5. The number of non-ortho nitro benzene ring substituents is 1. The molecule has 0 saturated carbocycles. The molecular weight excluding hydrogens is 403 g/mol. The Kier molecular flexibility index (Phi) is 8.70. The number of hydrogen-bond acceptors (Lipinski definition) is 4. The summed E-state index contributed by atoms with van der Waals surface area (Å²) in [6.07, 6.45) is 0.631. The third kappa shape index (κ3) is 6.78. The normalized spacial score (nSPS) is 10.9. The molecule has 0 aliphatic carbocycles. The lowest BCUT2D eigenvalue weighted by atomic mass is 10.0. The van der Waals surface area contributed by atoms with Gasteiger partial charge in [0, 0.05) is 31.8 Å². The topological polar surface area (TPSA) is 72.7 Å². The predicted octanol–water partition coefficient (Wildman–Crippen LogP) is 4.35. The molecule has 0 heterocycles. The van der Waals surface area contributed by atoms with Gasteiger partial charge in [-0.15, -0.1) is 0 Å². The van der Waals surface area contributed by atoms with Crippen LogP contribution in [0.25, 0.3) is 0 Å². The minimum absolute atomic E-state index is 0.0673. The van der Waals surface area contributed by atoms with Crippen molar-refractivity contribution in [3.8, 4) is 0 Å². The van der Waals surface area contributed by atoms with Crippen molar-refractivity contribution in [2.75, 3.05) is 19.8 Å². The van der Waals surface area contributed by atoms with Gasteiger partial charge < -0.3 is 9.64 Å². The fraction of sp³-hybridized carbons (Fsp3) is 0.350. The minimum atomic E-state index is -1.12. The molecule has 0 unspecified atom stereocenters. The summed E-state index contributed by atoms with van der Waals surface area (Å²) in [5.41, 5.74) is 3.02. The first-order valence-corrected chi connectivity index (χ1v) is 9.73. The van der Waals surface area contributed by atoms with Gasteiger partial charge in [0.15, 0.2) is 4.84 Å². The smallest absolute Gasteiger partial charge is 0.269 e. The molecule has 2 aromatic rings. The molecule has 28 heavy (non-hydrogen) atoms. The molecule has 0 spiro atoms. The summed E-state index contributed by atoms with van der Waals surface area (Å²) in [4.78, 5) is 23.1. The second-order valence-corrected chi connectivity index (χ2v) is 7.27. The summed E-state index contributed by atoms with van der Waals surface area (Å²) < 4.78 is 5.33. The van der Waals surface area contributed by atoms with Crippen LogP contribution in [0.3, 0.4) is 0 Å². The van der Waals surface area contributed by atoms with Crippen LogP contribution in [0.2, 0.25) is 0 Å². The number of benzene rings is 2. The Morgan fingerprint density at radius 1 is 1.14 bits per heavy atom. The van der Waals surface area contributed by atoms with E-state index >= 15 is 0 Å². The zero-order valence-corrected chi connectivity index (χ0v) is 17.0. The maximum Gasteiger partial charge on any atom is 0.269 e. The van der Waals surface area contributed by atoms with Crippen LogP contribution >= 0.6 is 23.2 Å². The van der Waals surface area contributed by atoms with Gasteiger partial charge in [-0.1, -0.05) is 59.6 Å². The molecule has 0 radical (unpaired) electrons. The average Bonchev–Trinajstić information content (AvgIpc) is 2.67. The van der Waals surface area contributed by atoms with Crippen molar-refractivity contribution in [1.82, 2.24) is 4.90 Å². The van der Waals surface area contributed by atoms with Gasteiger partial charge in [0.25, 0.3) is 11.6 Å². The number of rotatable bonds is 10. The van der Waals surface area contributed by atoms with Crippen LogP contribution in [0.5, 0.6) is 0 Å². The molecule has 0 aliphatic heterocycles. The summed E-state index contributed by atoms with van der Waals surface area (Å²) in [7, 11) is 0. The molecule has 0 fully saturated rings. The van der Waals surface area contributed by atoms with Crippen LogP contribution in [0.1, 0.15) is 23.6 Å². The SMILES string of the molecule is CCOCCN(Cc1cccc(Cc2ccc([N+](=O)[O-])cc2)c1)C(=O)C(Cl)Cl. The Balaban J connectivity index is 2.09. The molecule has 1 amide bonds. The first-order valence-electron chi connectivity index (χ1n) is 8.86. The summed E-state index contributed by atoms with van der Waals surface area (Å²) in [6, 6.07) is 14.3. The Bertz CT molecular complexity index is 797. The van der Waals surface area contributed by atoms with Gasteiger partial charge in [-0.05, 0) is 30.0 Å². The van der Waals surface area contributed by atoms with Gasteiger partial charge >= 0.3 is 0 Å². The Labute approximate surface area is 174 Å². The zero-order chi connectivity index (χ0) is 20.5. The maximum absolute atomic E-state index is 12.3. The van der Waals surface area contributed by atoms with Crippen molar-refractivity contribution < 1.29 is 14.5 Å². The maximum atomic E-state index is 12.3. The van der Waals surface area contributed by atoms with Crippen LogP contribution in [-0.2, 0) is 22.5 Å². The van der Waals surface area contributed by atoms with Crippen molar-refractivity contribution in [1.29, 1.82) is 0 Å². The van der Waals surface area contributed by atoms with Crippen LogP contribution in [-0.4, -0.2) is 40.3 Å². The van der Waals surface area contributed by atoms with Crippen LogP contribution < -0.4 is 0 Å². The molecular formula is C20H22Cl2N2O4. The number of alkyl halides is 2. The molecule has 2 rings (SSSR count). The third-order valence-corrected chi connectivity index (χ3v) is 4.50. The van der Waals surface area contributed by atoms with E-state index in [1.54, 1.807) is 17.0 Å². The second-order valence-electron chi connectivity index (χ2n) is 6.18. The summed E-state index contributed by atoms with van der Waals surface area (Å²) in [5, 5.41) is 10.8. The molecule has 0 aromatic heterocycles. The van der Waals surface area contributed by atoms with Gasteiger partial charge in [-0.2, -0.15) is 0 Å². The van der Waals surface area contributed by atoms with Crippen LogP contribution in [0.4, 0.5) is 5.69 Å². The third-order valence-electron chi connectivity index (χ3n) is 4.13. The van der Waals surface area contributed by atoms with E-state index in [1.807, 2.05) is 31.2 Å². The lowest BCUT2D eigenvalue weighted by molar-refractivity contribution is -0.384. The molecule has 0 saturated heterocycles. The monoisotopic (exact) mass is 424 g/mol. The fourth-order valence-corrected chi connectivity index (χ4v) is 3.03. The molecule has 0 N–H and O–H groups in total. The Morgan fingerprint density at radius 3 is 2.43 bits per heavy atom. The number of halogens is 2. The molecule has 0 aliphatic rings. The zero-order valence-electron chi connectivity index (χ0n) is 15.5. The van der Waals surface area contributed by atoms with Crippen molar-refractivity contribution >= 4 is 34.8 Å². The minimum Gasteiger partial charge on any atom is -0.380 e. The van der Waals surface area contributed by atoms with Crippen molar-refractivity contribution in [3.05, 3.63) is 75.3 Å². The summed E-state index contributed by atoms with van der Waals surface area (Å²) in [6.45, 7) is 3.63. The van der Waals surface area contributed by atoms with E-state index in [-0.39, 0.29) is 11.6 Å². The van der Waals surface area contributed by atoms with Crippen molar-refractivity contribution in [2.45, 2.75) is 24.7 Å². The number of amides is 1. The number of hydrogen-bond donors (Lipinski definition) is 0. The van der Waals surface area contributed by atoms with Crippen molar-refractivity contribution in [2.24, 2.45) is 0 Å². The number of carbonyl (C=O) groups is 1. The van der Waals surface area contributed by atoms with E-state index in [0.29, 0.717) is 32.7 Å². The first kappa shape index (κ1) is 22.1. The highest BCUT2D eigenvalue weighted by Crippen LogP contribution is 2.17. The van der Waals surface area contributed by atoms with Gasteiger partial charge in [0.2, 0.25) is 0 Å². The Hall–Kier alpha value is -2.15. The van der Waals surface area contributed by atoms with E-state index in [1.165, 1.54) is 12.1 Å². The second kappa shape index (κ2) is 11.0. The lowest BCUT2D eigenvalue weighted by Gasteiger charge is -2.23.